The van der Waals surface area contributed by atoms with Crippen LogP contribution in [0.3, 0.4) is 0 Å². The number of nitrogens with two attached hydrogens (primary N) is 1. The van der Waals surface area contributed by atoms with Gasteiger partial charge in [0.05, 0.1) is 12.7 Å². The third-order valence-corrected chi connectivity index (χ3v) is 3.11. The number of aliphatic hydroxyl groups is 5. The second kappa shape index (κ2) is 10.5. The minimum absolute atomic E-state index is 0. The molecule has 25 heavy (non-hydrogen) atoms. The highest BCUT2D eigenvalue weighted by Gasteiger charge is 2.29. The lowest BCUT2D eigenvalue weighted by Crippen LogP contribution is -2.48. The van der Waals surface area contributed by atoms with Crippen molar-refractivity contribution < 1.29 is 44.5 Å². The van der Waals surface area contributed by atoms with E-state index in [1.807, 2.05) is 6.92 Å². The van der Waals surface area contributed by atoms with E-state index in [0.717, 1.165) is 5.56 Å². The highest BCUT2D eigenvalue weighted by atomic mass is 32.3. The lowest BCUT2D eigenvalue weighted by Gasteiger charge is -2.26. The van der Waals surface area contributed by atoms with Crippen molar-refractivity contribution in [1.82, 2.24) is 0 Å². The first-order valence-electron chi connectivity index (χ1n) is 6.99. The van der Waals surface area contributed by atoms with E-state index >= 15 is 0 Å². The summed E-state index contributed by atoms with van der Waals surface area (Å²) in [4.78, 5) is 0. The van der Waals surface area contributed by atoms with Gasteiger partial charge in [-0.3, -0.25) is 9.11 Å². The molecule has 0 aliphatic carbocycles. The predicted molar refractivity (Wildman–Crippen MR) is 91.5 cm³/mol. The minimum atomic E-state index is -4.67. The van der Waals surface area contributed by atoms with Crippen LogP contribution < -0.4 is 11.1 Å². The van der Waals surface area contributed by atoms with E-state index < -0.39 is 41.4 Å². The lowest BCUT2D eigenvalue weighted by atomic mass is 10.0. The van der Waals surface area contributed by atoms with Gasteiger partial charge in [-0.2, -0.15) is 8.42 Å². The van der Waals surface area contributed by atoms with Crippen LogP contribution in [0.2, 0.25) is 0 Å². The van der Waals surface area contributed by atoms with Crippen molar-refractivity contribution in [3.63, 3.8) is 0 Å². The van der Waals surface area contributed by atoms with Crippen LogP contribution >= 0.6 is 0 Å². The van der Waals surface area contributed by atoms with Crippen molar-refractivity contribution in [2.45, 2.75) is 31.3 Å². The number of hydrogen-bond acceptors (Lipinski definition) is 9. The first kappa shape index (κ1) is 23.5. The van der Waals surface area contributed by atoms with Gasteiger partial charge in [-0.05, 0) is 30.7 Å². The topological polar surface area (TPSA) is 214 Å². The molecule has 0 spiro atoms. The molecule has 0 amide bonds. The molecule has 4 atom stereocenters. The van der Waals surface area contributed by atoms with Gasteiger partial charge >= 0.3 is 10.4 Å². The Labute approximate surface area is 146 Å². The van der Waals surface area contributed by atoms with E-state index in [2.05, 4.69) is 5.32 Å². The van der Waals surface area contributed by atoms with Crippen LogP contribution in [0.4, 0.5) is 11.4 Å². The standard InChI is InChI=1S/C13H22N2O5.H2O4S.H2/c1-7-4-8(2-3-9(7)14)15-5-10(17)12(19)13(20)11(18)6-16;1-5(2,3)4;/h2-4,10-13,15-20H,5-6,14H2,1H3;(H2,1,2,3,4);1H. The number of aryl methyl sites for hydroxylation is 1. The molecule has 148 valence electrons. The van der Waals surface area contributed by atoms with E-state index in [0.29, 0.717) is 11.4 Å². The number of nitrogens with one attached hydrogen (secondary N) is 1. The largest absolute Gasteiger partial charge is 0.399 e. The molecule has 0 bridgehead atoms. The monoisotopic (exact) mass is 386 g/mol. The van der Waals surface area contributed by atoms with E-state index in [-0.39, 0.29) is 7.97 Å². The van der Waals surface area contributed by atoms with Gasteiger partial charge in [-0.25, -0.2) is 0 Å². The summed E-state index contributed by atoms with van der Waals surface area (Å²) in [5, 5.41) is 49.6. The van der Waals surface area contributed by atoms with E-state index in [1.165, 1.54) is 0 Å². The maximum absolute atomic E-state index is 9.73. The molecular weight excluding hydrogens is 360 g/mol. The van der Waals surface area contributed by atoms with Gasteiger partial charge < -0.3 is 36.6 Å². The van der Waals surface area contributed by atoms with Crippen molar-refractivity contribution in [2.75, 3.05) is 24.2 Å². The summed E-state index contributed by atoms with van der Waals surface area (Å²) in [7, 11) is -4.67. The molecule has 0 aliphatic heterocycles. The lowest BCUT2D eigenvalue weighted by molar-refractivity contribution is -0.111. The summed E-state index contributed by atoms with van der Waals surface area (Å²) in [6, 6.07) is 5.22. The van der Waals surface area contributed by atoms with Crippen LogP contribution in [0.15, 0.2) is 18.2 Å². The summed E-state index contributed by atoms with van der Waals surface area (Å²) in [5.41, 5.74) is 7.91. The van der Waals surface area contributed by atoms with Gasteiger partial charge in [0.1, 0.15) is 18.3 Å². The van der Waals surface area contributed by atoms with Crippen molar-refractivity contribution in [1.29, 1.82) is 0 Å². The Hall–Kier alpha value is -1.51. The summed E-state index contributed by atoms with van der Waals surface area (Å²) in [6.07, 6.45) is -5.99. The minimum Gasteiger partial charge on any atom is -0.399 e. The van der Waals surface area contributed by atoms with Crippen LogP contribution in [0, 0.1) is 6.92 Å². The molecule has 12 heteroatoms. The number of anilines is 2. The summed E-state index contributed by atoms with van der Waals surface area (Å²) < 4.78 is 31.6. The van der Waals surface area contributed by atoms with Gasteiger partial charge in [0.15, 0.2) is 0 Å². The number of aliphatic hydroxyl groups excluding tert-OH is 5. The van der Waals surface area contributed by atoms with Crippen molar-refractivity contribution in [2.24, 2.45) is 0 Å². The molecule has 0 aromatic heterocycles. The van der Waals surface area contributed by atoms with Gasteiger partial charge in [0.2, 0.25) is 0 Å². The molecule has 0 saturated heterocycles. The van der Waals surface area contributed by atoms with Gasteiger partial charge in [-0.1, -0.05) is 0 Å². The predicted octanol–water partition coefficient (Wildman–Crippen LogP) is -1.98. The highest BCUT2D eigenvalue weighted by Crippen LogP contribution is 2.16. The quantitative estimate of drug-likeness (QED) is 0.185. The number of nitrogen functional groups attached to an aromatic ring is 1. The Morgan fingerprint density at radius 1 is 1.12 bits per heavy atom. The number of hydrogen-bond donors (Lipinski definition) is 9. The van der Waals surface area contributed by atoms with Crippen LogP contribution in [0.1, 0.15) is 6.99 Å². The molecule has 10 N–H and O–H groups in total. The zero-order valence-corrected chi connectivity index (χ0v) is 14.2. The van der Waals surface area contributed by atoms with E-state index in [9.17, 15) is 20.4 Å². The Bertz CT molecular complexity index is 624. The summed E-state index contributed by atoms with van der Waals surface area (Å²) >= 11 is 0. The molecule has 4 unspecified atom stereocenters. The maximum atomic E-state index is 9.73. The van der Waals surface area contributed by atoms with Crippen molar-refractivity contribution in [3.8, 4) is 0 Å². The van der Waals surface area contributed by atoms with E-state index in [4.69, 9.17) is 28.4 Å². The van der Waals surface area contributed by atoms with Crippen LogP contribution in [0.5, 0.6) is 0 Å². The number of benzene rings is 1. The molecule has 0 heterocycles. The molecule has 1 aromatic rings. The SMILES string of the molecule is Cc1cc(NCC(O)C(O)C(O)C(O)CO)ccc1N.O=S(=O)(O)O.[HH]. The molecule has 0 aliphatic rings. The zero-order chi connectivity index (χ0) is 19.8. The average molecular weight is 386 g/mol. The summed E-state index contributed by atoms with van der Waals surface area (Å²) in [5.74, 6) is 0. The molecule has 0 saturated carbocycles. The summed E-state index contributed by atoms with van der Waals surface area (Å²) in [6.45, 7) is 1.11. The van der Waals surface area contributed by atoms with E-state index in [1.54, 1.807) is 18.2 Å². The highest BCUT2D eigenvalue weighted by molar-refractivity contribution is 7.79. The molecule has 0 fully saturated rings. The fourth-order valence-electron chi connectivity index (χ4n) is 1.69. The zero-order valence-electron chi connectivity index (χ0n) is 13.4. The fraction of sp³-hybridized carbons (Fsp3) is 0.538. The molecule has 1 rings (SSSR count). The number of rotatable bonds is 7. The smallest absolute Gasteiger partial charge is 0.394 e. The second-order valence-corrected chi connectivity index (χ2v) is 6.09. The third kappa shape index (κ3) is 10.2. The van der Waals surface area contributed by atoms with Crippen LogP contribution in [-0.4, -0.2) is 80.6 Å². The van der Waals surface area contributed by atoms with Crippen LogP contribution in [0.25, 0.3) is 0 Å². The average Bonchev–Trinajstić information content (AvgIpc) is 2.51. The normalized spacial score (nSPS) is 16.2. The van der Waals surface area contributed by atoms with Crippen molar-refractivity contribution in [3.05, 3.63) is 23.8 Å². The van der Waals surface area contributed by atoms with Crippen LogP contribution in [-0.2, 0) is 10.4 Å². The molecule has 1 aromatic carbocycles. The Morgan fingerprint density at radius 3 is 2.04 bits per heavy atom. The van der Waals surface area contributed by atoms with Crippen molar-refractivity contribution >= 4 is 21.8 Å². The second-order valence-electron chi connectivity index (χ2n) is 5.20. The molecule has 0 radical (unpaired) electrons. The first-order chi connectivity index (χ1) is 11.4. The Morgan fingerprint density at radius 2 is 1.60 bits per heavy atom. The Kier molecular flexibility index (Phi) is 9.84. The van der Waals surface area contributed by atoms with Gasteiger partial charge in [0.25, 0.3) is 0 Å². The Balaban J connectivity index is 0. The van der Waals surface area contributed by atoms with Gasteiger partial charge in [-0.15, -0.1) is 0 Å². The molecular formula is C13H26N2O9S. The first-order valence-corrected chi connectivity index (χ1v) is 8.39. The maximum Gasteiger partial charge on any atom is 0.394 e. The fourth-order valence-corrected chi connectivity index (χ4v) is 1.69. The molecule has 11 nitrogen and oxygen atoms in total. The third-order valence-electron chi connectivity index (χ3n) is 3.11. The van der Waals surface area contributed by atoms with Gasteiger partial charge in [0, 0.05) is 19.3 Å².